The maximum absolute atomic E-state index is 13.8. The van der Waals surface area contributed by atoms with Gasteiger partial charge in [0, 0.05) is 0 Å². The lowest BCUT2D eigenvalue weighted by atomic mass is 10.1. The Morgan fingerprint density at radius 1 is 1.36 bits per heavy atom. The van der Waals surface area contributed by atoms with Gasteiger partial charge in [0.2, 0.25) is 0 Å². The molecule has 2 rings (SSSR count). The second-order valence-electron chi connectivity index (χ2n) is 4.75. The van der Waals surface area contributed by atoms with Gasteiger partial charge in [-0.15, -0.1) is 0 Å². The molecule has 0 radical (unpaired) electrons. The molecule has 0 heterocycles. The van der Waals surface area contributed by atoms with Gasteiger partial charge in [-0.3, -0.25) is 4.79 Å². The number of carbonyl (C=O) groups excluding carboxylic acids is 1. The van der Waals surface area contributed by atoms with E-state index >= 15 is 0 Å². The Labute approximate surface area is 160 Å². The van der Waals surface area contributed by atoms with Gasteiger partial charge in [-0.1, -0.05) is 0 Å². The minimum atomic E-state index is -0.779. The van der Waals surface area contributed by atoms with Crippen molar-refractivity contribution in [2.75, 3.05) is 6.61 Å². The van der Waals surface area contributed by atoms with E-state index in [1.807, 2.05) is 6.92 Å². The topological polar surface area (TPSA) is 74.5 Å². The van der Waals surface area contributed by atoms with Gasteiger partial charge in [0.25, 0.3) is 5.91 Å². The summed E-state index contributed by atoms with van der Waals surface area (Å²) in [6.45, 7) is 2.41. The number of ether oxygens (including phenoxy) is 1. The normalized spacial score (nSPS) is 10.5. The SMILES string of the molecule is CCOc1c(Br)cc(/C=N\NC(=O)c2ccc(C#N)cc2F)cc1Br. The largest absolute Gasteiger partial charge is 0.492 e. The molecule has 0 aliphatic carbocycles. The van der Waals surface area contributed by atoms with Crippen LogP contribution in [-0.4, -0.2) is 18.7 Å². The van der Waals surface area contributed by atoms with Crippen molar-refractivity contribution in [3.05, 3.63) is 61.8 Å². The Morgan fingerprint density at radius 3 is 2.60 bits per heavy atom. The number of amides is 1. The molecule has 2 aromatic carbocycles. The highest BCUT2D eigenvalue weighted by Gasteiger charge is 2.12. The minimum absolute atomic E-state index is 0.140. The summed E-state index contributed by atoms with van der Waals surface area (Å²) in [6, 6.07) is 8.95. The fourth-order valence-electron chi connectivity index (χ4n) is 1.93. The van der Waals surface area contributed by atoms with E-state index in [-0.39, 0.29) is 11.1 Å². The Kier molecular flexibility index (Phi) is 6.67. The van der Waals surface area contributed by atoms with Crippen LogP contribution in [0.2, 0.25) is 0 Å². The van der Waals surface area contributed by atoms with Crippen LogP contribution in [0.3, 0.4) is 0 Å². The van der Waals surface area contributed by atoms with Gasteiger partial charge in [0.1, 0.15) is 11.6 Å². The van der Waals surface area contributed by atoms with E-state index in [1.165, 1.54) is 18.3 Å². The van der Waals surface area contributed by atoms with Gasteiger partial charge in [0.05, 0.1) is 39.0 Å². The summed E-state index contributed by atoms with van der Waals surface area (Å²) in [6.07, 6.45) is 1.42. The molecule has 128 valence electrons. The molecule has 5 nitrogen and oxygen atoms in total. The number of carbonyl (C=O) groups is 1. The number of hydrogen-bond acceptors (Lipinski definition) is 4. The van der Waals surface area contributed by atoms with Gasteiger partial charge in [-0.25, -0.2) is 9.82 Å². The predicted molar refractivity (Wildman–Crippen MR) is 99.2 cm³/mol. The Bertz CT molecular complexity index is 856. The maximum Gasteiger partial charge on any atom is 0.274 e. The molecule has 0 saturated carbocycles. The second-order valence-corrected chi connectivity index (χ2v) is 6.46. The smallest absolute Gasteiger partial charge is 0.274 e. The average molecular weight is 469 g/mol. The van der Waals surface area contributed by atoms with Crippen molar-refractivity contribution in [3.63, 3.8) is 0 Å². The van der Waals surface area contributed by atoms with E-state index in [9.17, 15) is 9.18 Å². The van der Waals surface area contributed by atoms with Crippen molar-refractivity contribution >= 4 is 44.0 Å². The van der Waals surface area contributed by atoms with Gasteiger partial charge >= 0.3 is 0 Å². The number of hydrazone groups is 1. The third-order valence-corrected chi connectivity index (χ3v) is 4.21. The summed E-state index contributed by atoms with van der Waals surface area (Å²) in [7, 11) is 0. The Morgan fingerprint density at radius 2 is 2.04 bits per heavy atom. The van der Waals surface area contributed by atoms with E-state index < -0.39 is 11.7 Å². The molecule has 0 bridgehead atoms. The third kappa shape index (κ3) is 4.87. The highest BCUT2D eigenvalue weighted by molar-refractivity contribution is 9.11. The molecule has 0 unspecified atom stereocenters. The summed E-state index contributed by atoms with van der Waals surface area (Å²) in [4.78, 5) is 11.9. The maximum atomic E-state index is 13.8. The molecule has 8 heteroatoms. The molecular weight excluding hydrogens is 457 g/mol. The van der Waals surface area contributed by atoms with Crippen LogP contribution in [0, 0.1) is 17.1 Å². The fraction of sp³-hybridized carbons (Fsp3) is 0.118. The van der Waals surface area contributed by atoms with Gasteiger partial charge < -0.3 is 4.74 Å². The highest BCUT2D eigenvalue weighted by Crippen LogP contribution is 2.34. The van der Waals surface area contributed by atoms with Gasteiger partial charge in [-0.05, 0) is 74.7 Å². The first kappa shape index (κ1) is 19.1. The van der Waals surface area contributed by atoms with Crippen LogP contribution in [0.15, 0.2) is 44.4 Å². The Balaban J connectivity index is 2.11. The molecule has 0 saturated heterocycles. The van der Waals surface area contributed by atoms with E-state index in [0.29, 0.717) is 17.9 Å². The van der Waals surface area contributed by atoms with Crippen molar-refractivity contribution < 1.29 is 13.9 Å². The van der Waals surface area contributed by atoms with E-state index in [0.717, 1.165) is 15.0 Å². The number of benzene rings is 2. The van der Waals surface area contributed by atoms with Crippen molar-refractivity contribution in [2.45, 2.75) is 6.92 Å². The number of nitriles is 1. The molecule has 0 spiro atoms. The molecular formula is C17H12Br2FN3O2. The molecule has 0 atom stereocenters. The quantitative estimate of drug-likeness (QED) is 0.522. The highest BCUT2D eigenvalue weighted by atomic mass is 79.9. The zero-order chi connectivity index (χ0) is 18.4. The number of rotatable bonds is 5. The number of nitrogens with one attached hydrogen (secondary N) is 1. The summed E-state index contributed by atoms with van der Waals surface area (Å²) in [5.74, 6) is -0.816. The summed E-state index contributed by atoms with van der Waals surface area (Å²) in [5.41, 5.74) is 2.90. The molecule has 1 N–H and O–H groups in total. The van der Waals surface area contributed by atoms with E-state index in [4.69, 9.17) is 10.00 Å². The lowest BCUT2D eigenvalue weighted by Gasteiger charge is -2.09. The van der Waals surface area contributed by atoms with Gasteiger partial charge in [0.15, 0.2) is 0 Å². The Hall–Kier alpha value is -2.24. The van der Waals surface area contributed by atoms with Gasteiger partial charge in [-0.2, -0.15) is 10.4 Å². The fourth-order valence-corrected chi connectivity index (χ4v) is 3.38. The molecule has 2 aromatic rings. The molecule has 0 aliphatic rings. The standard InChI is InChI=1S/C17H12Br2FN3O2/c1-2-25-16-13(18)5-11(6-14(16)19)9-22-23-17(24)12-4-3-10(8-21)7-15(12)20/h3-7,9H,2H2,1H3,(H,23,24)/b22-9-. The lowest BCUT2D eigenvalue weighted by Crippen LogP contribution is -2.19. The van der Waals surface area contributed by atoms with Crippen LogP contribution in [0.5, 0.6) is 5.75 Å². The van der Waals surface area contributed by atoms with Crippen LogP contribution in [-0.2, 0) is 0 Å². The second kappa shape index (κ2) is 8.74. The van der Waals surface area contributed by atoms with Crippen molar-refractivity contribution in [3.8, 4) is 11.8 Å². The summed E-state index contributed by atoms with van der Waals surface area (Å²) in [5, 5.41) is 12.5. The first-order chi connectivity index (χ1) is 12.0. The monoisotopic (exact) mass is 467 g/mol. The lowest BCUT2D eigenvalue weighted by molar-refractivity contribution is 0.0951. The first-order valence-electron chi connectivity index (χ1n) is 7.11. The zero-order valence-corrected chi connectivity index (χ0v) is 16.2. The van der Waals surface area contributed by atoms with Crippen LogP contribution >= 0.6 is 31.9 Å². The minimum Gasteiger partial charge on any atom is -0.492 e. The molecule has 0 fully saturated rings. The number of nitrogens with zero attached hydrogens (tertiary/aromatic N) is 2. The number of hydrogen-bond donors (Lipinski definition) is 1. The molecule has 0 aliphatic heterocycles. The van der Waals surface area contributed by atoms with Crippen molar-refractivity contribution in [1.29, 1.82) is 5.26 Å². The summed E-state index contributed by atoms with van der Waals surface area (Å²) < 4.78 is 20.7. The van der Waals surface area contributed by atoms with Crippen LogP contribution < -0.4 is 10.2 Å². The predicted octanol–water partition coefficient (Wildman–Crippen LogP) is 4.38. The van der Waals surface area contributed by atoms with E-state index in [1.54, 1.807) is 18.2 Å². The first-order valence-corrected chi connectivity index (χ1v) is 8.69. The average Bonchev–Trinajstić information content (AvgIpc) is 2.57. The summed E-state index contributed by atoms with van der Waals surface area (Å²) >= 11 is 6.80. The van der Waals surface area contributed by atoms with Crippen LogP contribution in [0.25, 0.3) is 0 Å². The van der Waals surface area contributed by atoms with Crippen LogP contribution in [0.1, 0.15) is 28.4 Å². The van der Waals surface area contributed by atoms with E-state index in [2.05, 4.69) is 42.4 Å². The third-order valence-electron chi connectivity index (χ3n) is 3.03. The zero-order valence-electron chi connectivity index (χ0n) is 13.0. The van der Waals surface area contributed by atoms with Crippen molar-refractivity contribution in [1.82, 2.24) is 5.43 Å². The number of halogens is 3. The molecule has 25 heavy (non-hydrogen) atoms. The molecule has 0 aromatic heterocycles. The molecule has 1 amide bonds. The van der Waals surface area contributed by atoms with Crippen molar-refractivity contribution in [2.24, 2.45) is 5.10 Å². The van der Waals surface area contributed by atoms with Crippen LogP contribution in [0.4, 0.5) is 4.39 Å².